The average molecular weight is 452 g/mol. The molecular formula is C24H25N3O4S. The van der Waals surface area contributed by atoms with Crippen molar-refractivity contribution in [2.75, 3.05) is 44.5 Å². The summed E-state index contributed by atoms with van der Waals surface area (Å²) in [7, 11) is 7.88. The molecule has 0 bridgehead atoms. The van der Waals surface area contributed by atoms with Gasteiger partial charge in [-0.05, 0) is 58.8 Å². The van der Waals surface area contributed by atoms with E-state index in [0.29, 0.717) is 0 Å². The van der Waals surface area contributed by atoms with E-state index in [9.17, 15) is 14.4 Å². The van der Waals surface area contributed by atoms with E-state index < -0.39 is 23.7 Å². The number of carboxylic acids is 1. The van der Waals surface area contributed by atoms with Gasteiger partial charge in [-0.2, -0.15) is 0 Å². The fourth-order valence-corrected chi connectivity index (χ4v) is 3.96. The molecule has 3 rings (SSSR count). The third-order valence-corrected chi connectivity index (χ3v) is 5.88. The van der Waals surface area contributed by atoms with Crippen molar-refractivity contribution in [1.29, 1.82) is 0 Å². The first-order valence-electron chi connectivity index (χ1n) is 9.90. The van der Waals surface area contributed by atoms with Gasteiger partial charge in [-0.3, -0.25) is 19.3 Å². The van der Waals surface area contributed by atoms with Crippen LogP contribution in [0, 0.1) is 0 Å². The molecule has 7 nitrogen and oxygen atoms in total. The summed E-state index contributed by atoms with van der Waals surface area (Å²) >= 11 is 0.746. The Balaban J connectivity index is 2.01. The Hall–Kier alpha value is -3.52. The molecule has 0 spiro atoms. The molecule has 1 saturated heterocycles. The third-order valence-electron chi connectivity index (χ3n) is 4.96. The summed E-state index contributed by atoms with van der Waals surface area (Å²) < 4.78 is 0. The van der Waals surface area contributed by atoms with Gasteiger partial charge in [0.05, 0.1) is 4.91 Å². The number of aliphatic carboxylic acids is 1. The number of carboxylic acid groups (broad SMARTS) is 1. The lowest BCUT2D eigenvalue weighted by atomic mass is 9.96. The summed E-state index contributed by atoms with van der Waals surface area (Å²) in [5, 5.41) is 8.36. The van der Waals surface area contributed by atoms with Crippen molar-refractivity contribution in [2.45, 2.75) is 0 Å². The summed E-state index contributed by atoms with van der Waals surface area (Å²) in [6.07, 6.45) is 3.38. The number of carbonyl (C=O) groups is 3. The molecule has 32 heavy (non-hydrogen) atoms. The lowest BCUT2D eigenvalue weighted by molar-refractivity contribution is -0.140. The van der Waals surface area contributed by atoms with Crippen LogP contribution in [0.5, 0.6) is 0 Å². The second-order valence-corrected chi connectivity index (χ2v) is 8.64. The highest BCUT2D eigenvalue weighted by atomic mass is 32.2. The lowest BCUT2D eigenvalue weighted by Gasteiger charge is -2.16. The summed E-state index contributed by atoms with van der Waals surface area (Å²) in [5.74, 6) is -1.82. The third kappa shape index (κ3) is 5.20. The maximum atomic E-state index is 12.5. The van der Waals surface area contributed by atoms with Crippen LogP contribution in [0.15, 0.2) is 65.6 Å². The monoisotopic (exact) mass is 451 g/mol. The highest BCUT2D eigenvalue weighted by Crippen LogP contribution is 2.32. The predicted molar refractivity (Wildman–Crippen MR) is 129 cm³/mol. The Bertz CT molecular complexity index is 1030. The van der Waals surface area contributed by atoms with E-state index in [1.54, 1.807) is 12.2 Å². The number of allylic oxidation sites excluding steroid dienone is 2. The largest absolute Gasteiger partial charge is 0.480 e. The molecule has 2 amide bonds. The van der Waals surface area contributed by atoms with E-state index in [1.807, 2.05) is 86.5 Å². The van der Waals surface area contributed by atoms with Crippen LogP contribution < -0.4 is 9.80 Å². The maximum absolute atomic E-state index is 12.5. The minimum absolute atomic E-state index is 0.198. The second-order valence-electron chi connectivity index (χ2n) is 7.65. The molecule has 2 aromatic rings. The van der Waals surface area contributed by atoms with Gasteiger partial charge in [0.15, 0.2) is 0 Å². The molecule has 0 aliphatic carbocycles. The lowest BCUT2D eigenvalue weighted by Crippen LogP contribution is -2.33. The van der Waals surface area contributed by atoms with Crippen LogP contribution in [0.4, 0.5) is 16.2 Å². The van der Waals surface area contributed by atoms with Gasteiger partial charge in [0.1, 0.15) is 6.54 Å². The molecule has 8 heteroatoms. The zero-order valence-corrected chi connectivity index (χ0v) is 19.2. The molecule has 0 radical (unpaired) electrons. The van der Waals surface area contributed by atoms with Gasteiger partial charge < -0.3 is 14.9 Å². The number of hydrogen-bond donors (Lipinski definition) is 1. The van der Waals surface area contributed by atoms with Crippen LogP contribution in [-0.2, 0) is 9.59 Å². The van der Waals surface area contributed by atoms with Crippen LogP contribution in [0.3, 0.4) is 0 Å². The maximum Gasteiger partial charge on any atom is 0.323 e. The van der Waals surface area contributed by atoms with E-state index >= 15 is 0 Å². The topological polar surface area (TPSA) is 81.2 Å². The number of thioether (sulfide) groups is 1. The van der Waals surface area contributed by atoms with E-state index in [4.69, 9.17) is 5.11 Å². The molecular weight excluding hydrogens is 426 g/mol. The van der Waals surface area contributed by atoms with E-state index in [-0.39, 0.29) is 4.91 Å². The highest BCUT2D eigenvalue weighted by molar-refractivity contribution is 8.18. The normalized spacial score (nSPS) is 14.6. The Morgan fingerprint density at radius 1 is 0.906 bits per heavy atom. The molecule has 0 unspecified atom stereocenters. The summed E-state index contributed by atoms with van der Waals surface area (Å²) in [4.78, 5) is 40.4. The fraction of sp³-hybridized carbons (Fsp3) is 0.208. The number of anilines is 2. The Morgan fingerprint density at radius 2 is 1.38 bits per heavy atom. The molecule has 1 aliphatic rings. The van der Waals surface area contributed by atoms with Crippen LogP contribution in [-0.4, -0.2) is 61.9 Å². The summed E-state index contributed by atoms with van der Waals surface area (Å²) in [6.45, 7) is -0.642. The van der Waals surface area contributed by atoms with Gasteiger partial charge in [0, 0.05) is 39.6 Å². The molecule has 2 aromatic carbocycles. The van der Waals surface area contributed by atoms with E-state index in [0.717, 1.165) is 44.7 Å². The molecule has 0 saturated carbocycles. The first kappa shape index (κ1) is 23.1. The zero-order chi connectivity index (χ0) is 23.4. The van der Waals surface area contributed by atoms with Gasteiger partial charge in [0.25, 0.3) is 11.1 Å². The first-order chi connectivity index (χ1) is 15.2. The van der Waals surface area contributed by atoms with Crippen molar-refractivity contribution in [1.82, 2.24) is 4.90 Å². The first-order valence-corrected chi connectivity index (χ1v) is 10.7. The number of nitrogens with zero attached hydrogens (tertiary/aromatic N) is 3. The van der Waals surface area contributed by atoms with Crippen molar-refractivity contribution in [3.05, 3.63) is 76.7 Å². The average Bonchev–Trinajstić information content (AvgIpc) is 3.01. The number of imide groups is 1. The molecule has 1 aliphatic heterocycles. The van der Waals surface area contributed by atoms with Crippen molar-refractivity contribution in [3.63, 3.8) is 0 Å². The minimum Gasteiger partial charge on any atom is -0.480 e. The predicted octanol–water partition coefficient (Wildman–Crippen LogP) is 3.91. The molecule has 1 fully saturated rings. The second kappa shape index (κ2) is 9.74. The van der Waals surface area contributed by atoms with E-state index in [1.165, 1.54) is 0 Å². The zero-order valence-electron chi connectivity index (χ0n) is 18.4. The molecule has 0 aromatic heterocycles. The number of rotatable bonds is 7. The number of hydrogen-bond acceptors (Lipinski definition) is 6. The van der Waals surface area contributed by atoms with Gasteiger partial charge >= 0.3 is 5.97 Å². The number of benzene rings is 2. The van der Waals surface area contributed by atoms with Crippen LogP contribution >= 0.6 is 11.8 Å². The molecule has 166 valence electrons. The number of carbonyl (C=O) groups excluding carboxylic acids is 2. The van der Waals surface area contributed by atoms with Crippen LogP contribution in [0.2, 0.25) is 0 Å². The van der Waals surface area contributed by atoms with Crippen molar-refractivity contribution in [3.8, 4) is 0 Å². The quantitative estimate of drug-likeness (QED) is 0.639. The van der Waals surface area contributed by atoms with Crippen molar-refractivity contribution in [2.24, 2.45) is 0 Å². The van der Waals surface area contributed by atoms with Gasteiger partial charge in [-0.1, -0.05) is 30.3 Å². The smallest absolute Gasteiger partial charge is 0.323 e. The Labute approximate surface area is 191 Å². The van der Waals surface area contributed by atoms with Gasteiger partial charge in [-0.15, -0.1) is 0 Å². The molecule has 0 atom stereocenters. The van der Waals surface area contributed by atoms with Gasteiger partial charge in [-0.25, -0.2) is 0 Å². The summed E-state index contributed by atoms with van der Waals surface area (Å²) in [6, 6.07) is 16.1. The Kier molecular flexibility index (Phi) is 7.05. The molecule has 1 heterocycles. The fourth-order valence-electron chi connectivity index (χ4n) is 3.18. The van der Waals surface area contributed by atoms with Crippen LogP contribution in [0.25, 0.3) is 5.57 Å². The SMILES string of the molecule is CN(C)c1ccc(C(=CC=C2SC(=O)N(CC(=O)O)C2=O)c2ccc(N(C)C)cc2)cc1. The number of amides is 2. The standard InChI is InChI=1S/C24H25N3O4S/c1-25(2)18-9-5-16(6-10-18)20(17-7-11-19(12-8-17)26(3)4)13-14-21-23(30)27(15-22(28)29)24(31)32-21/h5-14H,15H2,1-4H3,(H,28,29). The molecule has 1 N–H and O–H groups in total. The van der Waals surface area contributed by atoms with Crippen LogP contribution in [0.1, 0.15) is 11.1 Å². The minimum atomic E-state index is -1.23. The highest BCUT2D eigenvalue weighted by Gasteiger charge is 2.36. The summed E-state index contributed by atoms with van der Waals surface area (Å²) in [5.41, 5.74) is 4.91. The van der Waals surface area contributed by atoms with E-state index in [2.05, 4.69) is 0 Å². The van der Waals surface area contributed by atoms with Crippen molar-refractivity contribution >= 4 is 45.8 Å². The van der Waals surface area contributed by atoms with Gasteiger partial charge in [0.2, 0.25) is 0 Å². The van der Waals surface area contributed by atoms with Crippen molar-refractivity contribution < 1.29 is 19.5 Å². The Morgan fingerprint density at radius 3 is 1.78 bits per heavy atom.